The number of aromatic nitrogens is 5. The van der Waals surface area contributed by atoms with Crippen molar-refractivity contribution in [3.63, 3.8) is 0 Å². The van der Waals surface area contributed by atoms with Gasteiger partial charge in [0.15, 0.2) is 11.5 Å². The fourth-order valence-electron chi connectivity index (χ4n) is 4.31. The maximum atomic E-state index is 13.2. The lowest BCUT2D eigenvalue weighted by Crippen LogP contribution is -2.54. The summed E-state index contributed by atoms with van der Waals surface area (Å²) in [6.07, 6.45) is 5.13. The van der Waals surface area contributed by atoms with E-state index in [4.69, 9.17) is 16.3 Å². The van der Waals surface area contributed by atoms with Crippen molar-refractivity contribution in [2.45, 2.75) is 19.5 Å². The van der Waals surface area contributed by atoms with Crippen molar-refractivity contribution in [3.05, 3.63) is 53.9 Å². The molecule has 0 saturated carbocycles. The predicted octanol–water partition coefficient (Wildman–Crippen LogP) is 3.22. The molecule has 0 radical (unpaired) electrons. The summed E-state index contributed by atoms with van der Waals surface area (Å²) < 4.78 is 7.02. The van der Waals surface area contributed by atoms with Gasteiger partial charge in [-0.15, -0.1) is 0 Å². The number of H-pyrrole nitrogens is 1. The molecule has 4 aromatic rings. The second-order valence-corrected chi connectivity index (χ2v) is 8.43. The Kier molecular flexibility index (Phi) is 5.63. The second kappa shape index (κ2) is 8.74. The summed E-state index contributed by atoms with van der Waals surface area (Å²) >= 11 is 6.17. The van der Waals surface area contributed by atoms with Crippen molar-refractivity contribution >= 4 is 34.2 Å². The molecular weight excluding hydrogens is 442 g/mol. The molecule has 5 rings (SSSR count). The average Bonchev–Trinajstić information content (AvgIpc) is 3.48. The predicted molar refractivity (Wildman–Crippen MR) is 127 cm³/mol. The van der Waals surface area contributed by atoms with Crippen LogP contribution in [0.25, 0.3) is 22.6 Å². The Bertz CT molecular complexity index is 1290. The van der Waals surface area contributed by atoms with Gasteiger partial charge in [0.1, 0.15) is 18.0 Å². The Morgan fingerprint density at radius 1 is 1.24 bits per heavy atom. The number of carbonyl (C=O) groups is 1. The molecule has 1 aliphatic heterocycles. The quantitative estimate of drug-likeness (QED) is 0.486. The molecule has 10 heteroatoms. The number of rotatable bonds is 5. The number of hydrogen-bond acceptors (Lipinski definition) is 6. The molecule has 170 valence electrons. The van der Waals surface area contributed by atoms with Crippen molar-refractivity contribution in [1.82, 2.24) is 29.6 Å². The lowest BCUT2D eigenvalue weighted by atomic mass is 10.1. The normalized spacial score (nSPS) is 16.4. The summed E-state index contributed by atoms with van der Waals surface area (Å²) in [4.78, 5) is 29.2. The van der Waals surface area contributed by atoms with Gasteiger partial charge < -0.3 is 19.5 Å². The lowest BCUT2D eigenvalue weighted by molar-refractivity contribution is -0.132. The molecule has 1 amide bonds. The van der Waals surface area contributed by atoms with Crippen molar-refractivity contribution in [2.24, 2.45) is 0 Å². The first-order chi connectivity index (χ1) is 16.0. The van der Waals surface area contributed by atoms with Crippen molar-refractivity contribution in [2.75, 3.05) is 31.6 Å². The standard InChI is InChI=1S/C23H24ClN7O2/c1-15-13-29(10-11-30(15)16-5-6-18(24)19(12-16)33-2)20(32)14-31-23-17(4-3-7-27-23)21(28-31)22-25-8-9-26-22/h3-9,12,15H,10-11,13-14H2,1-2H3,(H,25,26). The van der Waals surface area contributed by atoms with E-state index in [9.17, 15) is 4.79 Å². The van der Waals surface area contributed by atoms with Crippen molar-refractivity contribution in [3.8, 4) is 17.3 Å². The zero-order chi connectivity index (χ0) is 22.9. The maximum Gasteiger partial charge on any atom is 0.244 e. The number of aromatic amines is 1. The number of ether oxygens (including phenoxy) is 1. The molecular formula is C23H24ClN7O2. The number of amides is 1. The highest BCUT2D eigenvalue weighted by Gasteiger charge is 2.28. The summed E-state index contributed by atoms with van der Waals surface area (Å²) in [6.45, 7) is 4.18. The van der Waals surface area contributed by atoms with Gasteiger partial charge in [-0.3, -0.25) is 4.79 Å². The highest BCUT2D eigenvalue weighted by atomic mass is 35.5. The van der Waals surface area contributed by atoms with E-state index in [1.165, 1.54) is 0 Å². The minimum atomic E-state index is 0.0104. The van der Waals surface area contributed by atoms with E-state index in [0.29, 0.717) is 47.6 Å². The first-order valence-corrected chi connectivity index (χ1v) is 11.1. The number of nitrogens with one attached hydrogen (secondary N) is 1. The Labute approximate surface area is 195 Å². The molecule has 0 bridgehead atoms. The van der Waals surface area contributed by atoms with E-state index in [-0.39, 0.29) is 18.5 Å². The van der Waals surface area contributed by atoms with Gasteiger partial charge in [-0.25, -0.2) is 14.6 Å². The van der Waals surface area contributed by atoms with E-state index < -0.39 is 0 Å². The van der Waals surface area contributed by atoms with Gasteiger partial charge in [0.2, 0.25) is 5.91 Å². The van der Waals surface area contributed by atoms with Crippen LogP contribution in [0, 0.1) is 0 Å². The molecule has 1 N–H and O–H groups in total. The number of benzene rings is 1. The van der Waals surface area contributed by atoms with Crippen LogP contribution in [0.3, 0.4) is 0 Å². The summed E-state index contributed by atoms with van der Waals surface area (Å²) in [6, 6.07) is 9.70. The summed E-state index contributed by atoms with van der Waals surface area (Å²) in [7, 11) is 1.61. The molecule has 1 unspecified atom stereocenters. The average molecular weight is 466 g/mol. The topological polar surface area (TPSA) is 92.2 Å². The third-order valence-electron chi connectivity index (χ3n) is 5.96. The van der Waals surface area contributed by atoms with Crippen LogP contribution in [-0.2, 0) is 11.3 Å². The molecule has 4 heterocycles. The molecule has 3 aromatic heterocycles. The van der Waals surface area contributed by atoms with Crippen LogP contribution in [0.15, 0.2) is 48.9 Å². The first kappa shape index (κ1) is 21.3. The number of methoxy groups -OCH3 is 1. The fraction of sp³-hybridized carbons (Fsp3) is 0.304. The molecule has 1 atom stereocenters. The Morgan fingerprint density at radius 3 is 2.88 bits per heavy atom. The molecule has 1 fully saturated rings. The minimum Gasteiger partial charge on any atom is -0.495 e. The number of piperazine rings is 1. The van der Waals surface area contributed by atoms with Gasteiger partial charge in [-0.1, -0.05) is 11.6 Å². The van der Waals surface area contributed by atoms with Crippen molar-refractivity contribution in [1.29, 1.82) is 0 Å². The van der Waals surface area contributed by atoms with Gasteiger partial charge >= 0.3 is 0 Å². The summed E-state index contributed by atoms with van der Waals surface area (Å²) in [5, 5.41) is 6.09. The van der Waals surface area contributed by atoms with E-state index >= 15 is 0 Å². The zero-order valence-corrected chi connectivity index (χ0v) is 19.2. The van der Waals surface area contributed by atoms with Crippen LogP contribution in [-0.4, -0.2) is 68.3 Å². The summed E-state index contributed by atoms with van der Waals surface area (Å²) in [5.74, 6) is 1.31. The number of fused-ring (bicyclic) bond motifs is 1. The molecule has 1 aliphatic rings. The van der Waals surface area contributed by atoms with E-state index in [2.05, 4.69) is 31.9 Å². The van der Waals surface area contributed by atoms with Crippen LogP contribution in [0.5, 0.6) is 5.75 Å². The van der Waals surface area contributed by atoms with Gasteiger partial charge in [-0.05, 0) is 31.2 Å². The Hall–Kier alpha value is -3.59. The van der Waals surface area contributed by atoms with Crippen LogP contribution < -0.4 is 9.64 Å². The number of halogens is 1. The maximum absolute atomic E-state index is 13.2. The highest BCUT2D eigenvalue weighted by molar-refractivity contribution is 6.32. The molecule has 33 heavy (non-hydrogen) atoms. The van der Waals surface area contributed by atoms with Crippen LogP contribution in [0.2, 0.25) is 5.02 Å². The third kappa shape index (κ3) is 4.00. The first-order valence-electron chi connectivity index (χ1n) is 10.7. The monoisotopic (exact) mass is 465 g/mol. The van der Waals surface area contributed by atoms with Gasteiger partial charge in [0, 0.05) is 56.0 Å². The lowest BCUT2D eigenvalue weighted by Gasteiger charge is -2.41. The van der Waals surface area contributed by atoms with Crippen LogP contribution >= 0.6 is 11.6 Å². The minimum absolute atomic E-state index is 0.0104. The van der Waals surface area contributed by atoms with Gasteiger partial charge in [0.05, 0.1) is 17.5 Å². The highest BCUT2D eigenvalue weighted by Crippen LogP contribution is 2.31. The summed E-state index contributed by atoms with van der Waals surface area (Å²) in [5.41, 5.74) is 2.38. The van der Waals surface area contributed by atoms with Gasteiger partial charge in [-0.2, -0.15) is 5.10 Å². The smallest absolute Gasteiger partial charge is 0.244 e. The number of nitrogens with zero attached hydrogens (tertiary/aromatic N) is 6. The zero-order valence-electron chi connectivity index (χ0n) is 18.4. The Morgan fingerprint density at radius 2 is 2.12 bits per heavy atom. The molecule has 1 aromatic carbocycles. The SMILES string of the molecule is COc1cc(N2CCN(C(=O)Cn3nc(-c4ncc[nH]4)c4cccnc43)CC2C)ccc1Cl. The van der Waals surface area contributed by atoms with E-state index in [1.54, 1.807) is 30.4 Å². The fourth-order valence-corrected chi connectivity index (χ4v) is 4.51. The number of carbonyl (C=O) groups excluding carboxylic acids is 1. The van der Waals surface area contributed by atoms with Crippen molar-refractivity contribution < 1.29 is 9.53 Å². The van der Waals surface area contributed by atoms with E-state index in [0.717, 1.165) is 11.1 Å². The number of hydrogen-bond donors (Lipinski definition) is 1. The van der Waals surface area contributed by atoms with Crippen LogP contribution in [0.4, 0.5) is 5.69 Å². The number of anilines is 1. The second-order valence-electron chi connectivity index (χ2n) is 8.02. The Balaban J connectivity index is 1.32. The van der Waals surface area contributed by atoms with Crippen LogP contribution in [0.1, 0.15) is 6.92 Å². The third-order valence-corrected chi connectivity index (χ3v) is 6.27. The molecule has 0 aliphatic carbocycles. The molecule has 1 saturated heterocycles. The largest absolute Gasteiger partial charge is 0.495 e. The molecule has 9 nitrogen and oxygen atoms in total. The molecule has 0 spiro atoms. The number of imidazole rings is 1. The van der Waals surface area contributed by atoms with Gasteiger partial charge in [0.25, 0.3) is 0 Å². The number of pyridine rings is 1. The van der Waals surface area contributed by atoms with E-state index in [1.807, 2.05) is 35.2 Å².